The van der Waals surface area contributed by atoms with Crippen molar-refractivity contribution in [1.82, 2.24) is 4.98 Å². The smallest absolute Gasteiger partial charge is 0.0941 e. The summed E-state index contributed by atoms with van der Waals surface area (Å²) in [5.74, 6) is 0. The van der Waals surface area contributed by atoms with Gasteiger partial charge in [-0.25, -0.2) is 4.98 Å². The maximum atomic E-state index is 5.99. The monoisotopic (exact) mass is 200 g/mol. The lowest BCUT2D eigenvalue weighted by molar-refractivity contribution is 0.000796. The molecule has 0 spiro atoms. The van der Waals surface area contributed by atoms with Crippen molar-refractivity contribution >= 4 is 11.3 Å². The molecule has 0 saturated heterocycles. The van der Waals surface area contributed by atoms with E-state index in [4.69, 9.17) is 10.5 Å². The highest BCUT2D eigenvalue weighted by atomic mass is 32.1. The molecule has 0 aliphatic carbocycles. The summed E-state index contributed by atoms with van der Waals surface area (Å²) in [6.07, 6.45) is 2.57. The van der Waals surface area contributed by atoms with Crippen LogP contribution in [-0.4, -0.2) is 23.7 Å². The number of nitrogens with zero attached hydrogens (tertiary/aromatic N) is 1. The molecule has 0 radical (unpaired) electrons. The third-order valence-corrected chi connectivity index (χ3v) is 3.10. The van der Waals surface area contributed by atoms with E-state index in [0.29, 0.717) is 0 Å². The average molecular weight is 200 g/mol. The van der Waals surface area contributed by atoms with E-state index in [9.17, 15) is 0 Å². The predicted octanol–water partition coefficient (Wildman–Crippen LogP) is 1.44. The molecule has 0 aliphatic rings. The highest BCUT2D eigenvalue weighted by Crippen LogP contribution is 2.17. The van der Waals surface area contributed by atoms with Crippen LogP contribution in [0.25, 0.3) is 0 Å². The molecule has 1 unspecified atom stereocenters. The molecule has 3 nitrogen and oxygen atoms in total. The highest BCUT2D eigenvalue weighted by molar-refractivity contribution is 7.09. The minimum Gasteiger partial charge on any atom is -0.377 e. The summed E-state index contributed by atoms with van der Waals surface area (Å²) in [5.41, 5.74) is 5.71. The van der Waals surface area contributed by atoms with Gasteiger partial charge in [0.2, 0.25) is 0 Å². The van der Waals surface area contributed by atoms with Crippen LogP contribution in [0.3, 0.4) is 0 Å². The Labute approximate surface area is 82.9 Å². The second kappa shape index (κ2) is 4.17. The fourth-order valence-electron chi connectivity index (χ4n) is 0.939. The summed E-state index contributed by atoms with van der Waals surface area (Å²) >= 11 is 1.63. The zero-order valence-corrected chi connectivity index (χ0v) is 9.10. The van der Waals surface area contributed by atoms with Crippen LogP contribution in [0.4, 0.5) is 0 Å². The van der Waals surface area contributed by atoms with Crippen molar-refractivity contribution in [2.24, 2.45) is 5.73 Å². The quantitative estimate of drug-likeness (QED) is 0.800. The van der Waals surface area contributed by atoms with Gasteiger partial charge in [-0.3, -0.25) is 0 Å². The molecule has 0 saturated carbocycles. The summed E-state index contributed by atoms with van der Waals surface area (Å²) in [6, 6.07) is -0.0105. The Morgan fingerprint density at radius 2 is 2.38 bits per heavy atom. The van der Waals surface area contributed by atoms with Gasteiger partial charge in [-0.15, -0.1) is 11.3 Å². The molecular formula is C9H16N2OS. The van der Waals surface area contributed by atoms with Gasteiger partial charge in [0.25, 0.3) is 0 Å². The molecule has 13 heavy (non-hydrogen) atoms. The molecule has 1 aromatic rings. The fourth-order valence-corrected chi connectivity index (χ4v) is 1.62. The van der Waals surface area contributed by atoms with Gasteiger partial charge in [0.1, 0.15) is 0 Å². The Morgan fingerprint density at radius 1 is 1.69 bits per heavy atom. The molecule has 0 aliphatic heterocycles. The van der Waals surface area contributed by atoms with Crippen LogP contribution in [0, 0.1) is 0 Å². The molecule has 74 valence electrons. The number of hydrogen-bond acceptors (Lipinski definition) is 4. The summed E-state index contributed by atoms with van der Waals surface area (Å²) in [5, 5.41) is 3.03. The van der Waals surface area contributed by atoms with E-state index in [1.165, 1.54) is 0 Å². The van der Waals surface area contributed by atoms with Crippen molar-refractivity contribution in [3.8, 4) is 0 Å². The van der Waals surface area contributed by atoms with Crippen LogP contribution in [-0.2, 0) is 11.2 Å². The van der Waals surface area contributed by atoms with Crippen LogP contribution >= 0.6 is 11.3 Å². The van der Waals surface area contributed by atoms with Gasteiger partial charge in [-0.05, 0) is 13.8 Å². The maximum Gasteiger partial charge on any atom is 0.0941 e. The van der Waals surface area contributed by atoms with Crippen molar-refractivity contribution in [2.45, 2.75) is 31.9 Å². The first kappa shape index (κ1) is 10.6. The molecule has 1 atom stereocenters. The molecule has 0 aromatic carbocycles. The number of hydrogen-bond donors (Lipinski definition) is 1. The molecular weight excluding hydrogens is 184 g/mol. The van der Waals surface area contributed by atoms with Gasteiger partial charge in [-0.2, -0.15) is 0 Å². The number of rotatable bonds is 4. The summed E-state index contributed by atoms with van der Waals surface area (Å²) in [7, 11) is 1.68. The topological polar surface area (TPSA) is 48.1 Å². The number of nitrogens with two attached hydrogens (primary N) is 1. The number of methoxy groups -OCH3 is 1. The van der Waals surface area contributed by atoms with Crippen molar-refractivity contribution < 1.29 is 4.74 Å². The number of ether oxygens (including phenoxy) is 1. The lowest BCUT2D eigenvalue weighted by Crippen LogP contribution is -2.46. The standard InChI is InChI=1S/C9H16N2OS/c1-9(2,12-3)7(10)6-8-11-4-5-13-8/h4-5,7H,6,10H2,1-3H3. The number of thiazole rings is 1. The van der Waals surface area contributed by atoms with Gasteiger partial charge in [0, 0.05) is 31.1 Å². The summed E-state index contributed by atoms with van der Waals surface area (Å²) < 4.78 is 5.30. The minimum atomic E-state index is -0.286. The summed E-state index contributed by atoms with van der Waals surface area (Å²) in [6.45, 7) is 3.98. The van der Waals surface area contributed by atoms with Crippen molar-refractivity contribution in [1.29, 1.82) is 0 Å². The lowest BCUT2D eigenvalue weighted by atomic mass is 9.97. The molecule has 0 bridgehead atoms. The Balaban J connectivity index is 2.55. The van der Waals surface area contributed by atoms with Gasteiger partial charge in [0.15, 0.2) is 0 Å². The van der Waals surface area contributed by atoms with E-state index in [2.05, 4.69) is 4.98 Å². The molecule has 1 heterocycles. The van der Waals surface area contributed by atoms with Crippen LogP contribution < -0.4 is 5.73 Å². The van der Waals surface area contributed by atoms with E-state index in [-0.39, 0.29) is 11.6 Å². The van der Waals surface area contributed by atoms with Crippen molar-refractivity contribution in [3.05, 3.63) is 16.6 Å². The Morgan fingerprint density at radius 3 is 2.85 bits per heavy atom. The largest absolute Gasteiger partial charge is 0.377 e. The van der Waals surface area contributed by atoms with E-state index in [0.717, 1.165) is 11.4 Å². The van der Waals surface area contributed by atoms with Crippen LogP contribution in [0.5, 0.6) is 0 Å². The lowest BCUT2D eigenvalue weighted by Gasteiger charge is -2.29. The van der Waals surface area contributed by atoms with Crippen molar-refractivity contribution in [2.75, 3.05) is 7.11 Å². The maximum absolute atomic E-state index is 5.99. The normalized spacial score (nSPS) is 14.5. The van der Waals surface area contributed by atoms with E-state index in [1.807, 2.05) is 19.2 Å². The first-order valence-electron chi connectivity index (χ1n) is 4.25. The Kier molecular flexibility index (Phi) is 3.41. The van der Waals surface area contributed by atoms with Crippen LogP contribution in [0.1, 0.15) is 18.9 Å². The van der Waals surface area contributed by atoms with E-state index in [1.54, 1.807) is 24.6 Å². The Bertz CT molecular complexity index is 246. The van der Waals surface area contributed by atoms with Crippen molar-refractivity contribution in [3.63, 3.8) is 0 Å². The minimum absolute atomic E-state index is 0.0105. The average Bonchev–Trinajstić information content (AvgIpc) is 2.57. The van der Waals surface area contributed by atoms with Gasteiger partial charge in [-0.1, -0.05) is 0 Å². The number of aromatic nitrogens is 1. The van der Waals surface area contributed by atoms with Crippen LogP contribution in [0.2, 0.25) is 0 Å². The third-order valence-electron chi connectivity index (χ3n) is 2.30. The fraction of sp³-hybridized carbons (Fsp3) is 0.667. The van der Waals surface area contributed by atoms with Gasteiger partial charge in [0.05, 0.1) is 10.6 Å². The first-order valence-corrected chi connectivity index (χ1v) is 5.13. The van der Waals surface area contributed by atoms with E-state index < -0.39 is 0 Å². The first-order chi connectivity index (χ1) is 6.06. The Hall–Kier alpha value is -0.450. The van der Waals surface area contributed by atoms with E-state index >= 15 is 0 Å². The molecule has 0 amide bonds. The molecule has 4 heteroatoms. The predicted molar refractivity (Wildman–Crippen MR) is 54.9 cm³/mol. The molecule has 0 fully saturated rings. The zero-order chi connectivity index (χ0) is 9.90. The molecule has 1 aromatic heterocycles. The highest BCUT2D eigenvalue weighted by Gasteiger charge is 2.26. The van der Waals surface area contributed by atoms with Crippen LogP contribution in [0.15, 0.2) is 11.6 Å². The van der Waals surface area contributed by atoms with Gasteiger partial charge >= 0.3 is 0 Å². The van der Waals surface area contributed by atoms with Gasteiger partial charge < -0.3 is 10.5 Å². The zero-order valence-electron chi connectivity index (χ0n) is 8.28. The molecule has 1 rings (SSSR count). The second-order valence-corrected chi connectivity index (χ2v) is 4.52. The molecule has 2 N–H and O–H groups in total. The SMILES string of the molecule is COC(C)(C)C(N)Cc1nccs1. The third kappa shape index (κ3) is 2.76. The summed E-state index contributed by atoms with van der Waals surface area (Å²) in [4.78, 5) is 4.19. The second-order valence-electron chi connectivity index (χ2n) is 3.54.